The van der Waals surface area contributed by atoms with Gasteiger partial charge in [-0.05, 0) is 73.5 Å². The van der Waals surface area contributed by atoms with Crippen LogP contribution in [0.15, 0.2) is 42.6 Å². The zero-order valence-electron chi connectivity index (χ0n) is 13.4. The number of hydrogen-bond acceptors (Lipinski definition) is 2. The molecular weight excluding hydrogens is 270 g/mol. The Morgan fingerprint density at radius 2 is 1.50 bits per heavy atom. The summed E-state index contributed by atoms with van der Waals surface area (Å²) in [5, 5.41) is 1.99. The molecule has 0 fully saturated rings. The monoisotopic (exact) mass is 289 g/mol. The van der Waals surface area contributed by atoms with E-state index in [0.717, 1.165) is 16.3 Å². The summed E-state index contributed by atoms with van der Waals surface area (Å²) in [6, 6.07) is 11.9. The van der Waals surface area contributed by atoms with Gasteiger partial charge in [0.1, 0.15) is 5.69 Å². The highest BCUT2D eigenvalue weighted by Crippen LogP contribution is 2.24. The van der Waals surface area contributed by atoms with Crippen molar-refractivity contribution in [3.05, 3.63) is 76.1 Å². The van der Waals surface area contributed by atoms with Crippen molar-refractivity contribution in [2.45, 2.75) is 27.7 Å². The number of pyridine rings is 1. The molecule has 0 radical (unpaired) electrons. The first kappa shape index (κ1) is 14.5. The lowest BCUT2D eigenvalue weighted by Gasteiger charge is -2.09. The lowest BCUT2D eigenvalue weighted by atomic mass is 9.97. The molecule has 0 amide bonds. The number of benzene rings is 2. The van der Waals surface area contributed by atoms with Crippen LogP contribution in [0, 0.1) is 27.7 Å². The molecular formula is C20H19NO. The second-order valence-corrected chi connectivity index (χ2v) is 5.95. The lowest BCUT2D eigenvalue weighted by Crippen LogP contribution is -2.06. The average Bonchev–Trinajstić information content (AvgIpc) is 2.50. The van der Waals surface area contributed by atoms with E-state index in [1.54, 1.807) is 6.20 Å². The zero-order valence-corrected chi connectivity index (χ0v) is 13.4. The first-order chi connectivity index (χ1) is 10.5. The van der Waals surface area contributed by atoms with E-state index in [9.17, 15) is 4.79 Å². The molecule has 0 unspecified atom stereocenters. The molecule has 22 heavy (non-hydrogen) atoms. The van der Waals surface area contributed by atoms with E-state index >= 15 is 0 Å². The van der Waals surface area contributed by atoms with Gasteiger partial charge in [0.25, 0.3) is 0 Å². The van der Waals surface area contributed by atoms with Crippen LogP contribution in [0.25, 0.3) is 10.8 Å². The third-order valence-corrected chi connectivity index (χ3v) is 4.36. The average molecular weight is 289 g/mol. The number of carbonyl (C=O) groups is 1. The standard InChI is InChI=1S/C20H19NO/c1-12-5-6-17(10-13(12)2)20(22)19-18-11-15(4)14(3)9-16(18)7-8-21-19/h5-11H,1-4H3. The van der Waals surface area contributed by atoms with E-state index in [4.69, 9.17) is 0 Å². The summed E-state index contributed by atoms with van der Waals surface area (Å²) in [5.41, 5.74) is 5.94. The van der Waals surface area contributed by atoms with Gasteiger partial charge in [-0.15, -0.1) is 0 Å². The Kier molecular flexibility index (Phi) is 3.53. The van der Waals surface area contributed by atoms with Crippen molar-refractivity contribution in [2.24, 2.45) is 0 Å². The number of fused-ring (bicyclic) bond motifs is 1. The lowest BCUT2D eigenvalue weighted by molar-refractivity contribution is 0.103. The van der Waals surface area contributed by atoms with E-state index in [-0.39, 0.29) is 5.78 Å². The fourth-order valence-corrected chi connectivity index (χ4v) is 2.64. The van der Waals surface area contributed by atoms with Crippen molar-refractivity contribution in [1.82, 2.24) is 4.98 Å². The van der Waals surface area contributed by atoms with E-state index in [2.05, 4.69) is 31.0 Å². The molecule has 0 N–H and O–H groups in total. The number of aromatic nitrogens is 1. The molecule has 3 aromatic rings. The molecule has 2 aromatic carbocycles. The van der Waals surface area contributed by atoms with Gasteiger partial charge in [-0.3, -0.25) is 9.78 Å². The maximum Gasteiger partial charge on any atom is 0.211 e. The molecule has 0 aliphatic carbocycles. The first-order valence-electron chi connectivity index (χ1n) is 7.45. The van der Waals surface area contributed by atoms with Crippen molar-refractivity contribution >= 4 is 16.6 Å². The Hall–Kier alpha value is -2.48. The SMILES string of the molecule is Cc1ccc(C(=O)c2nccc3cc(C)c(C)cc23)cc1C. The number of carbonyl (C=O) groups excluding carboxylic acids is 1. The fraction of sp³-hybridized carbons (Fsp3) is 0.200. The van der Waals surface area contributed by atoms with Gasteiger partial charge in [0.15, 0.2) is 0 Å². The molecule has 1 heterocycles. The maximum absolute atomic E-state index is 12.9. The summed E-state index contributed by atoms with van der Waals surface area (Å²) in [4.78, 5) is 17.2. The molecule has 3 rings (SSSR count). The predicted molar refractivity (Wildman–Crippen MR) is 90.6 cm³/mol. The number of rotatable bonds is 2. The van der Waals surface area contributed by atoms with Crippen LogP contribution < -0.4 is 0 Å². The minimum atomic E-state index is -0.0167. The highest BCUT2D eigenvalue weighted by Gasteiger charge is 2.15. The molecule has 0 atom stereocenters. The van der Waals surface area contributed by atoms with Crippen LogP contribution in [-0.2, 0) is 0 Å². The van der Waals surface area contributed by atoms with Crippen LogP contribution in [0.2, 0.25) is 0 Å². The van der Waals surface area contributed by atoms with E-state index < -0.39 is 0 Å². The van der Waals surface area contributed by atoms with Gasteiger partial charge in [-0.1, -0.05) is 18.2 Å². The van der Waals surface area contributed by atoms with Gasteiger partial charge in [0, 0.05) is 17.1 Å². The normalized spacial score (nSPS) is 10.9. The largest absolute Gasteiger partial charge is 0.287 e. The smallest absolute Gasteiger partial charge is 0.211 e. The molecule has 1 aromatic heterocycles. The van der Waals surface area contributed by atoms with E-state index in [1.807, 2.05) is 38.1 Å². The summed E-state index contributed by atoms with van der Waals surface area (Å²) in [7, 11) is 0. The minimum Gasteiger partial charge on any atom is -0.287 e. The Bertz CT molecular complexity index is 894. The van der Waals surface area contributed by atoms with Gasteiger partial charge in [0.05, 0.1) is 0 Å². The first-order valence-corrected chi connectivity index (χ1v) is 7.45. The van der Waals surface area contributed by atoms with Crippen molar-refractivity contribution < 1.29 is 4.79 Å². The van der Waals surface area contributed by atoms with Gasteiger partial charge < -0.3 is 0 Å². The van der Waals surface area contributed by atoms with Crippen LogP contribution in [0.5, 0.6) is 0 Å². The molecule has 0 aliphatic heterocycles. The molecule has 0 saturated heterocycles. The highest BCUT2D eigenvalue weighted by atomic mass is 16.1. The van der Waals surface area contributed by atoms with Gasteiger partial charge in [-0.2, -0.15) is 0 Å². The summed E-state index contributed by atoms with van der Waals surface area (Å²) in [6.07, 6.45) is 1.71. The van der Waals surface area contributed by atoms with Gasteiger partial charge >= 0.3 is 0 Å². The van der Waals surface area contributed by atoms with Crippen molar-refractivity contribution in [3.8, 4) is 0 Å². The molecule has 0 bridgehead atoms. The predicted octanol–water partition coefficient (Wildman–Crippen LogP) is 4.70. The summed E-state index contributed by atoms with van der Waals surface area (Å²) in [6.45, 7) is 8.22. The second kappa shape index (κ2) is 5.38. The fourth-order valence-electron chi connectivity index (χ4n) is 2.64. The Morgan fingerprint density at radius 1 is 0.818 bits per heavy atom. The summed E-state index contributed by atoms with van der Waals surface area (Å²) < 4.78 is 0. The third kappa shape index (κ3) is 2.41. The van der Waals surface area contributed by atoms with Crippen LogP contribution >= 0.6 is 0 Å². The molecule has 110 valence electrons. The molecule has 0 saturated carbocycles. The number of nitrogens with zero attached hydrogens (tertiary/aromatic N) is 1. The third-order valence-electron chi connectivity index (χ3n) is 4.36. The highest BCUT2D eigenvalue weighted by molar-refractivity contribution is 6.15. The molecule has 0 spiro atoms. The second-order valence-electron chi connectivity index (χ2n) is 5.95. The Balaban J connectivity index is 2.18. The Labute approximate surface area is 130 Å². The van der Waals surface area contributed by atoms with Crippen LogP contribution in [0.1, 0.15) is 38.3 Å². The van der Waals surface area contributed by atoms with Crippen LogP contribution in [0.4, 0.5) is 0 Å². The topological polar surface area (TPSA) is 30.0 Å². The van der Waals surface area contributed by atoms with Crippen molar-refractivity contribution in [2.75, 3.05) is 0 Å². The van der Waals surface area contributed by atoms with Crippen LogP contribution in [0.3, 0.4) is 0 Å². The zero-order chi connectivity index (χ0) is 15.9. The van der Waals surface area contributed by atoms with Gasteiger partial charge in [-0.25, -0.2) is 0 Å². The number of aryl methyl sites for hydroxylation is 4. The molecule has 0 aliphatic rings. The Morgan fingerprint density at radius 3 is 2.23 bits per heavy atom. The molecule has 2 nitrogen and oxygen atoms in total. The number of ketones is 1. The van der Waals surface area contributed by atoms with Crippen molar-refractivity contribution in [3.63, 3.8) is 0 Å². The minimum absolute atomic E-state index is 0.0167. The number of hydrogen-bond donors (Lipinski definition) is 0. The quantitative estimate of drug-likeness (QED) is 0.640. The van der Waals surface area contributed by atoms with E-state index in [1.165, 1.54) is 16.7 Å². The van der Waals surface area contributed by atoms with Gasteiger partial charge in [0.2, 0.25) is 5.78 Å². The van der Waals surface area contributed by atoms with E-state index in [0.29, 0.717) is 11.3 Å². The summed E-state index contributed by atoms with van der Waals surface area (Å²) >= 11 is 0. The maximum atomic E-state index is 12.9. The van der Waals surface area contributed by atoms with Crippen LogP contribution in [-0.4, -0.2) is 10.8 Å². The summed E-state index contributed by atoms with van der Waals surface area (Å²) in [5.74, 6) is -0.0167. The molecule has 2 heteroatoms. The van der Waals surface area contributed by atoms with Crippen molar-refractivity contribution in [1.29, 1.82) is 0 Å².